The van der Waals surface area contributed by atoms with Crippen molar-refractivity contribution in [3.05, 3.63) is 39.9 Å². The summed E-state index contributed by atoms with van der Waals surface area (Å²) in [5.41, 5.74) is 2.51. The van der Waals surface area contributed by atoms with Gasteiger partial charge in [-0.1, -0.05) is 11.6 Å². The van der Waals surface area contributed by atoms with Crippen LogP contribution in [0, 0.1) is 0 Å². The minimum Gasteiger partial charge on any atom is -0.469 e. The molecule has 7 nitrogen and oxygen atoms in total. The number of fused-ring (bicyclic) bond motifs is 2. The number of halogens is 1. The highest BCUT2D eigenvalue weighted by Crippen LogP contribution is 2.47. The molecule has 28 heavy (non-hydrogen) atoms. The highest BCUT2D eigenvalue weighted by Gasteiger charge is 2.48. The van der Waals surface area contributed by atoms with E-state index in [-0.39, 0.29) is 23.8 Å². The summed E-state index contributed by atoms with van der Waals surface area (Å²) in [5, 5.41) is 5.76. The maximum atomic E-state index is 13.0. The van der Waals surface area contributed by atoms with Crippen LogP contribution in [-0.4, -0.2) is 55.7 Å². The molecule has 0 radical (unpaired) electrons. The first-order valence-corrected chi connectivity index (χ1v) is 10.2. The Morgan fingerprint density at radius 1 is 1.39 bits per heavy atom. The van der Waals surface area contributed by atoms with E-state index in [4.69, 9.17) is 11.6 Å². The van der Waals surface area contributed by atoms with E-state index in [0.717, 1.165) is 30.8 Å². The molecular weight excluding hydrogens is 400 g/mol. The number of likely N-dealkylation sites (tertiary alicyclic amines) is 1. The zero-order valence-electron chi connectivity index (χ0n) is 15.7. The van der Waals surface area contributed by atoms with Crippen molar-refractivity contribution >= 4 is 45.8 Å². The summed E-state index contributed by atoms with van der Waals surface area (Å²) in [6, 6.07) is 5.49. The van der Waals surface area contributed by atoms with E-state index in [1.807, 2.05) is 18.2 Å². The molecule has 9 heteroatoms. The molecule has 2 aliphatic heterocycles. The summed E-state index contributed by atoms with van der Waals surface area (Å²) in [4.78, 5) is 32.8. The lowest BCUT2D eigenvalue weighted by Crippen LogP contribution is -2.40. The van der Waals surface area contributed by atoms with Crippen molar-refractivity contribution in [2.45, 2.75) is 18.3 Å². The van der Waals surface area contributed by atoms with E-state index in [1.54, 1.807) is 10.3 Å². The minimum absolute atomic E-state index is 0.0867. The Morgan fingerprint density at radius 2 is 2.21 bits per heavy atom. The molecule has 2 amide bonds. The molecule has 2 aliphatic rings. The Labute approximate surface area is 172 Å². The topological polar surface area (TPSA) is 74.8 Å². The maximum Gasteiger partial charge on any atom is 0.328 e. The number of anilines is 2. The van der Waals surface area contributed by atoms with Crippen LogP contribution in [-0.2, 0) is 21.4 Å². The number of esters is 1. The van der Waals surface area contributed by atoms with Crippen LogP contribution in [0.2, 0.25) is 5.02 Å². The molecule has 1 atom stereocenters. The number of aromatic nitrogens is 1. The molecule has 1 fully saturated rings. The first-order valence-electron chi connectivity index (χ1n) is 8.98. The predicted octanol–water partition coefficient (Wildman–Crippen LogP) is 3.14. The van der Waals surface area contributed by atoms with Crippen LogP contribution in [0.3, 0.4) is 0 Å². The van der Waals surface area contributed by atoms with Crippen LogP contribution in [0.4, 0.5) is 15.6 Å². The van der Waals surface area contributed by atoms with Gasteiger partial charge in [-0.15, -0.1) is 11.3 Å². The Bertz CT molecular complexity index is 934. The number of urea groups is 1. The summed E-state index contributed by atoms with van der Waals surface area (Å²) < 4.78 is 4.65. The quantitative estimate of drug-likeness (QED) is 0.772. The molecule has 3 heterocycles. The molecule has 1 aromatic heterocycles. The molecule has 1 saturated heterocycles. The Morgan fingerprint density at radius 3 is 2.93 bits per heavy atom. The fourth-order valence-electron chi connectivity index (χ4n) is 4.08. The summed E-state index contributed by atoms with van der Waals surface area (Å²) in [5.74, 6) is -0.360. The number of thiazole rings is 1. The van der Waals surface area contributed by atoms with Gasteiger partial charge in [0.15, 0.2) is 5.13 Å². The number of hydrogen-bond donors (Lipinski definition) is 1. The first kappa shape index (κ1) is 19.2. The average Bonchev–Trinajstić information content (AvgIpc) is 3.34. The van der Waals surface area contributed by atoms with Gasteiger partial charge >= 0.3 is 12.0 Å². The second-order valence-electron chi connectivity index (χ2n) is 7.34. The van der Waals surface area contributed by atoms with Gasteiger partial charge in [0.1, 0.15) is 0 Å². The van der Waals surface area contributed by atoms with E-state index in [2.05, 4.69) is 27.0 Å². The molecule has 0 bridgehead atoms. The van der Waals surface area contributed by atoms with Gasteiger partial charge in [0, 0.05) is 34.6 Å². The highest BCUT2D eigenvalue weighted by molar-refractivity contribution is 7.14. The molecule has 1 aromatic carbocycles. The number of ether oxygens (including phenoxy) is 1. The first-order chi connectivity index (χ1) is 13.4. The number of benzene rings is 1. The second kappa shape index (κ2) is 7.35. The average molecular weight is 421 g/mol. The Kier molecular flexibility index (Phi) is 5.03. The molecule has 4 rings (SSSR count). The van der Waals surface area contributed by atoms with Crippen molar-refractivity contribution in [3.63, 3.8) is 0 Å². The molecular formula is C19H21ClN4O3S. The zero-order valence-corrected chi connectivity index (χ0v) is 17.3. The van der Waals surface area contributed by atoms with Crippen molar-refractivity contribution in [2.75, 3.05) is 44.0 Å². The fourth-order valence-corrected chi connectivity index (χ4v) is 4.95. The highest BCUT2D eigenvalue weighted by atomic mass is 35.5. The van der Waals surface area contributed by atoms with Crippen molar-refractivity contribution in [2.24, 2.45) is 0 Å². The van der Waals surface area contributed by atoms with E-state index in [0.29, 0.717) is 22.4 Å². The lowest BCUT2D eigenvalue weighted by atomic mass is 9.81. The van der Waals surface area contributed by atoms with E-state index >= 15 is 0 Å². The van der Waals surface area contributed by atoms with Crippen LogP contribution in [0.1, 0.15) is 17.7 Å². The third-order valence-corrected chi connectivity index (χ3v) is 6.43. The Hall–Kier alpha value is -2.16. The summed E-state index contributed by atoms with van der Waals surface area (Å²) in [6.07, 6.45) is 1.07. The number of carbonyl (C=O) groups is 2. The summed E-state index contributed by atoms with van der Waals surface area (Å²) in [6.45, 7) is 2.49. The van der Waals surface area contributed by atoms with Gasteiger partial charge in [-0.25, -0.2) is 9.78 Å². The number of likely N-dealkylation sites (N-methyl/N-ethyl adjacent to an activating group) is 1. The minimum atomic E-state index is -0.360. The molecule has 2 aromatic rings. The smallest absolute Gasteiger partial charge is 0.328 e. The normalized spacial score (nSPS) is 21.2. The van der Waals surface area contributed by atoms with Crippen LogP contribution in [0.15, 0.2) is 23.6 Å². The van der Waals surface area contributed by atoms with Gasteiger partial charge in [0.05, 0.1) is 19.2 Å². The number of nitrogens with one attached hydrogen (secondary N) is 1. The third kappa shape index (κ3) is 3.47. The van der Waals surface area contributed by atoms with Crippen LogP contribution in [0.5, 0.6) is 0 Å². The number of carbonyl (C=O) groups excluding carboxylic acids is 2. The number of hydrogen-bond acceptors (Lipinski definition) is 6. The van der Waals surface area contributed by atoms with Crippen molar-refractivity contribution < 1.29 is 14.3 Å². The lowest BCUT2D eigenvalue weighted by molar-refractivity contribution is -0.139. The third-order valence-electron chi connectivity index (χ3n) is 5.39. The number of amides is 2. The SMILES string of the molecule is COC(=O)Cc1csc(NC(=O)N2CC3(CCN(C)C3)c3cc(Cl)ccc32)n1. The summed E-state index contributed by atoms with van der Waals surface area (Å²) in [7, 11) is 3.44. The molecule has 1 N–H and O–H groups in total. The second-order valence-corrected chi connectivity index (χ2v) is 8.64. The number of methoxy groups -OCH3 is 1. The van der Waals surface area contributed by atoms with Crippen LogP contribution in [0.25, 0.3) is 0 Å². The van der Waals surface area contributed by atoms with Gasteiger partial charge < -0.3 is 9.64 Å². The lowest BCUT2D eigenvalue weighted by Gasteiger charge is -2.25. The van der Waals surface area contributed by atoms with Crippen LogP contribution >= 0.6 is 22.9 Å². The van der Waals surface area contributed by atoms with E-state index in [1.165, 1.54) is 18.4 Å². The van der Waals surface area contributed by atoms with Crippen molar-refractivity contribution in [1.82, 2.24) is 9.88 Å². The van der Waals surface area contributed by atoms with Crippen molar-refractivity contribution in [3.8, 4) is 0 Å². The maximum absolute atomic E-state index is 13.0. The molecule has 148 valence electrons. The fraction of sp³-hybridized carbons (Fsp3) is 0.421. The van der Waals surface area contributed by atoms with E-state index < -0.39 is 0 Å². The largest absolute Gasteiger partial charge is 0.469 e. The van der Waals surface area contributed by atoms with Gasteiger partial charge in [0.2, 0.25) is 0 Å². The molecule has 1 unspecified atom stereocenters. The number of rotatable bonds is 3. The van der Waals surface area contributed by atoms with Gasteiger partial charge in [-0.3, -0.25) is 15.0 Å². The summed E-state index contributed by atoms with van der Waals surface area (Å²) >= 11 is 7.55. The number of nitrogens with zero attached hydrogens (tertiary/aromatic N) is 3. The molecule has 1 spiro atoms. The van der Waals surface area contributed by atoms with Gasteiger partial charge in [-0.05, 0) is 43.8 Å². The van der Waals surface area contributed by atoms with Crippen molar-refractivity contribution in [1.29, 1.82) is 0 Å². The predicted molar refractivity (Wildman–Crippen MR) is 109 cm³/mol. The Balaban J connectivity index is 1.55. The van der Waals surface area contributed by atoms with Gasteiger partial charge in [-0.2, -0.15) is 0 Å². The van der Waals surface area contributed by atoms with Crippen LogP contribution < -0.4 is 10.2 Å². The van der Waals surface area contributed by atoms with Gasteiger partial charge in [0.25, 0.3) is 0 Å². The van der Waals surface area contributed by atoms with E-state index in [9.17, 15) is 9.59 Å². The molecule has 0 saturated carbocycles. The monoisotopic (exact) mass is 420 g/mol. The standard InChI is InChI=1S/C19H21ClN4O3S/c1-23-6-5-19(10-23)11-24(15-4-3-12(20)7-14(15)19)18(26)22-17-21-13(9-28-17)8-16(25)27-2/h3-4,7,9H,5-6,8,10-11H2,1-2H3,(H,21,22,26). The zero-order chi connectivity index (χ0) is 19.9. The molecule has 0 aliphatic carbocycles.